The molecule has 0 N–H and O–H groups in total. The largest absolute Gasteiger partial charge is 0.292 e. The van der Waals surface area contributed by atoms with Gasteiger partial charge in [0.15, 0.2) is 0 Å². The van der Waals surface area contributed by atoms with Crippen molar-refractivity contribution in [1.82, 2.24) is 0 Å². The molecule has 7 heteroatoms. The Hall–Kier alpha value is -2.85. The molecule has 0 spiro atoms. The highest BCUT2D eigenvalue weighted by Gasteiger charge is 2.11. The van der Waals surface area contributed by atoms with Gasteiger partial charge in [0.05, 0.1) is 10.6 Å². The molecule has 6 nitrogen and oxygen atoms in total. The van der Waals surface area contributed by atoms with Crippen molar-refractivity contribution < 1.29 is 18.0 Å². The van der Waals surface area contributed by atoms with Crippen LogP contribution in [-0.4, -0.2) is 20.6 Å². The molecule has 0 bridgehead atoms. The van der Waals surface area contributed by atoms with Gasteiger partial charge in [0.25, 0.3) is 16.1 Å². The molecule has 0 aliphatic heterocycles. The Kier molecular flexibility index (Phi) is 4.76. The molecule has 0 radical (unpaired) electrons. The average molecular weight is 314 g/mol. The topological polar surface area (TPSA) is 93.0 Å². The number of isocyanates is 2. The first-order valence-corrected chi connectivity index (χ1v) is 7.59. The Morgan fingerprint density at radius 3 is 1.86 bits per heavy atom. The van der Waals surface area contributed by atoms with Crippen molar-refractivity contribution in [2.24, 2.45) is 9.39 Å². The zero-order chi connectivity index (χ0) is 16.0. The third-order valence-electron chi connectivity index (χ3n) is 2.90. The maximum Gasteiger partial charge on any atom is 0.292 e. The van der Waals surface area contributed by atoms with E-state index in [2.05, 4.69) is 9.39 Å². The highest BCUT2D eigenvalue weighted by molar-refractivity contribution is 7.90. The van der Waals surface area contributed by atoms with Gasteiger partial charge in [0.2, 0.25) is 6.08 Å². The number of carbonyl (C=O) groups excluding carboxylic acids is 2. The molecule has 0 aliphatic carbocycles. The van der Waals surface area contributed by atoms with Crippen molar-refractivity contribution in [2.75, 3.05) is 0 Å². The normalized spacial score (nSPS) is 10.4. The van der Waals surface area contributed by atoms with Crippen molar-refractivity contribution in [3.63, 3.8) is 0 Å². The zero-order valence-corrected chi connectivity index (χ0v) is 12.1. The molecule has 0 atom stereocenters. The first kappa shape index (κ1) is 15.5. The van der Waals surface area contributed by atoms with Gasteiger partial charge in [-0.3, -0.25) is 0 Å². The van der Waals surface area contributed by atoms with E-state index in [1.54, 1.807) is 24.3 Å². The van der Waals surface area contributed by atoms with Crippen LogP contribution >= 0.6 is 0 Å². The standard InChI is InChI=1S/C15H10N2O4S/c18-10-16-14-5-1-12(2-6-14)9-13-3-7-15(8-4-13)22(20,21)17-11-19/h1-8H,9H2. The second kappa shape index (κ2) is 6.74. The Balaban J connectivity index is 2.18. The molecule has 0 saturated heterocycles. The summed E-state index contributed by atoms with van der Waals surface area (Å²) in [4.78, 5) is 23.6. The lowest BCUT2D eigenvalue weighted by molar-refractivity contribution is 0.563. The minimum Gasteiger partial charge on any atom is -0.211 e. The minimum atomic E-state index is -3.96. The van der Waals surface area contributed by atoms with Gasteiger partial charge in [0.1, 0.15) is 0 Å². The third-order valence-corrected chi connectivity index (χ3v) is 4.08. The van der Waals surface area contributed by atoms with Gasteiger partial charge in [-0.05, 0) is 41.8 Å². The molecular weight excluding hydrogens is 304 g/mol. The van der Waals surface area contributed by atoms with Crippen molar-refractivity contribution in [3.05, 3.63) is 59.7 Å². The van der Waals surface area contributed by atoms with Crippen LogP contribution in [0.15, 0.2) is 62.8 Å². The number of aliphatic imine (C=N–C) groups is 1. The van der Waals surface area contributed by atoms with Crippen molar-refractivity contribution in [3.8, 4) is 0 Å². The van der Waals surface area contributed by atoms with E-state index in [-0.39, 0.29) is 4.90 Å². The molecule has 110 valence electrons. The zero-order valence-electron chi connectivity index (χ0n) is 11.3. The second-order valence-corrected chi connectivity index (χ2v) is 5.95. The molecule has 22 heavy (non-hydrogen) atoms. The molecule has 2 aromatic carbocycles. The van der Waals surface area contributed by atoms with Crippen LogP contribution in [0, 0.1) is 0 Å². The molecule has 2 aromatic rings. The Labute approximate surface area is 126 Å². The number of benzene rings is 2. The molecule has 0 aliphatic rings. The molecule has 0 fully saturated rings. The summed E-state index contributed by atoms with van der Waals surface area (Å²) in [6.07, 6.45) is 3.08. The summed E-state index contributed by atoms with van der Waals surface area (Å²) in [5.74, 6) is 0. The molecule has 0 heterocycles. The number of hydrogen-bond acceptors (Lipinski definition) is 5. The van der Waals surface area contributed by atoms with E-state index in [0.29, 0.717) is 12.1 Å². The summed E-state index contributed by atoms with van der Waals surface area (Å²) in [7, 11) is -3.96. The minimum absolute atomic E-state index is 0.0599. The molecule has 0 unspecified atom stereocenters. The number of sulfonamides is 1. The quantitative estimate of drug-likeness (QED) is 0.625. The van der Waals surface area contributed by atoms with E-state index in [4.69, 9.17) is 0 Å². The maximum absolute atomic E-state index is 11.5. The van der Waals surface area contributed by atoms with Crippen molar-refractivity contribution in [2.45, 2.75) is 11.3 Å². The van der Waals surface area contributed by atoms with Crippen LogP contribution in [0.5, 0.6) is 0 Å². The molecular formula is C15H10N2O4S. The monoisotopic (exact) mass is 314 g/mol. The van der Waals surface area contributed by atoms with E-state index in [1.807, 2.05) is 12.1 Å². The van der Waals surface area contributed by atoms with E-state index in [0.717, 1.165) is 17.2 Å². The van der Waals surface area contributed by atoms with Crippen LogP contribution < -0.4 is 0 Å². The van der Waals surface area contributed by atoms with Gasteiger partial charge < -0.3 is 0 Å². The Morgan fingerprint density at radius 1 is 0.818 bits per heavy atom. The predicted octanol–water partition coefficient (Wildman–Crippen LogP) is 2.27. The lowest BCUT2D eigenvalue weighted by Crippen LogP contribution is -1.97. The average Bonchev–Trinajstić information content (AvgIpc) is 2.50. The fourth-order valence-corrected chi connectivity index (χ4v) is 2.54. The summed E-state index contributed by atoms with van der Waals surface area (Å²) in [6.45, 7) is 0. The fraction of sp³-hybridized carbons (Fsp3) is 0.0667. The van der Waals surface area contributed by atoms with Gasteiger partial charge in [-0.25, -0.2) is 9.59 Å². The highest BCUT2D eigenvalue weighted by atomic mass is 32.2. The van der Waals surface area contributed by atoms with Crippen molar-refractivity contribution in [1.29, 1.82) is 0 Å². The first-order valence-electron chi connectivity index (χ1n) is 6.15. The second-order valence-electron chi connectivity index (χ2n) is 4.35. The molecule has 2 rings (SSSR count). The SMILES string of the molecule is O=C=Nc1ccc(Cc2ccc(S(=O)(=O)N=C=O)cc2)cc1. The first-order chi connectivity index (χ1) is 10.5. The van der Waals surface area contributed by atoms with Crippen molar-refractivity contribution >= 4 is 27.9 Å². The summed E-state index contributed by atoms with van der Waals surface area (Å²) < 4.78 is 25.9. The number of nitrogens with zero attached hydrogens (tertiary/aromatic N) is 2. The van der Waals surface area contributed by atoms with Gasteiger partial charge >= 0.3 is 0 Å². The Morgan fingerprint density at radius 2 is 1.36 bits per heavy atom. The van der Waals surface area contributed by atoms with Crippen LogP contribution in [0.3, 0.4) is 0 Å². The molecule has 0 saturated carbocycles. The Bertz CT molecular complexity index is 859. The van der Waals surface area contributed by atoms with Crippen LogP contribution in [0.1, 0.15) is 11.1 Å². The van der Waals surface area contributed by atoms with Crippen LogP contribution in [0.2, 0.25) is 0 Å². The van der Waals surface area contributed by atoms with Gasteiger partial charge in [0, 0.05) is 0 Å². The third kappa shape index (κ3) is 3.84. The van der Waals surface area contributed by atoms with Crippen LogP contribution in [-0.2, 0) is 26.0 Å². The van der Waals surface area contributed by atoms with Gasteiger partial charge in [-0.2, -0.15) is 13.4 Å². The van der Waals surface area contributed by atoms with E-state index in [1.165, 1.54) is 18.2 Å². The van der Waals surface area contributed by atoms with Crippen LogP contribution in [0.4, 0.5) is 5.69 Å². The fourth-order valence-electron chi connectivity index (χ4n) is 1.86. The summed E-state index contributed by atoms with van der Waals surface area (Å²) >= 11 is 0. The van der Waals surface area contributed by atoms with E-state index in [9.17, 15) is 18.0 Å². The number of hydrogen-bond donors (Lipinski definition) is 0. The highest BCUT2D eigenvalue weighted by Crippen LogP contribution is 2.17. The molecule has 0 aromatic heterocycles. The van der Waals surface area contributed by atoms with Gasteiger partial charge in [-0.1, -0.05) is 28.7 Å². The lowest BCUT2D eigenvalue weighted by Gasteiger charge is -2.03. The predicted molar refractivity (Wildman–Crippen MR) is 78.8 cm³/mol. The van der Waals surface area contributed by atoms with E-state index >= 15 is 0 Å². The smallest absolute Gasteiger partial charge is 0.211 e. The van der Waals surface area contributed by atoms with Gasteiger partial charge in [-0.15, -0.1) is 0 Å². The molecule has 0 amide bonds. The summed E-state index contributed by atoms with van der Waals surface area (Å²) in [6, 6.07) is 13.1. The maximum atomic E-state index is 11.5. The summed E-state index contributed by atoms with van der Waals surface area (Å²) in [5, 5.41) is 0. The summed E-state index contributed by atoms with van der Waals surface area (Å²) in [5.41, 5.74) is 2.39. The lowest BCUT2D eigenvalue weighted by atomic mass is 10.1. The van der Waals surface area contributed by atoms with E-state index < -0.39 is 10.0 Å². The number of rotatable bonds is 5. The van der Waals surface area contributed by atoms with Crippen LogP contribution in [0.25, 0.3) is 0 Å².